The molecule has 1 unspecified atom stereocenters. The minimum atomic E-state index is -0.0217. The summed E-state index contributed by atoms with van der Waals surface area (Å²) in [5.41, 5.74) is 0. The van der Waals surface area contributed by atoms with Gasteiger partial charge in [0.2, 0.25) is 5.91 Å². The van der Waals surface area contributed by atoms with Crippen molar-refractivity contribution >= 4 is 5.91 Å². The Morgan fingerprint density at radius 1 is 1.33 bits per heavy atom. The molecule has 0 aliphatic carbocycles. The van der Waals surface area contributed by atoms with Crippen molar-refractivity contribution in [3.63, 3.8) is 0 Å². The van der Waals surface area contributed by atoms with Crippen LogP contribution in [0.3, 0.4) is 0 Å². The molecule has 1 atom stereocenters. The van der Waals surface area contributed by atoms with Gasteiger partial charge in [-0.1, -0.05) is 6.92 Å². The van der Waals surface area contributed by atoms with Crippen LogP contribution in [0.4, 0.5) is 0 Å². The lowest BCUT2D eigenvalue weighted by atomic mass is 10.2. The van der Waals surface area contributed by atoms with Crippen molar-refractivity contribution < 1.29 is 9.53 Å². The highest BCUT2D eigenvalue weighted by molar-refractivity contribution is 5.81. The van der Waals surface area contributed by atoms with E-state index < -0.39 is 0 Å². The molecule has 1 aliphatic heterocycles. The van der Waals surface area contributed by atoms with E-state index >= 15 is 0 Å². The third-order valence-electron chi connectivity index (χ3n) is 3.61. The average molecular weight is 257 g/mol. The van der Waals surface area contributed by atoms with Crippen LogP contribution < -0.4 is 5.32 Å². The molecule has 1 aliphatic rings. The number of carbonyl (C=O) groups is 1. The number of rotatable bonds is 7. The van der Waals surface area contributed by atoms with Crippen molar-refractivity contribution in [2.75, 3.05) is 53.0 Å². The molecule has 0 bridgehead atoms. The molecule has 0 radical (unpaired) electrons. The number of carbonyl (C=O) groups excluding carboxylic acids is 1. The van der Waals surface area contributed by atoms with Gasteiger partial charge in [-0.2, -0.15) is 0 Å². The van der Waals surface area contributed by atoms with E-state index in [4.69, 9.17) is 4.74 Å². The van der Waals surface area contributed by atoms with Crippen LogP contribution in [0, 0.1) is 0 Å². The fourth-order valence-corrected chi connectivity index (χ4v) is 2.21. The second-order valence-electron chi connectivity index (χ2n) is 4.78. The van der Waals surface area contributed by atoms with Gasteiger partial charge in [0.05, 0.1) is 6.04 Å². The topological polar surface area (TPSA) is 44.8 Å². The zero-order chi connectivity index (χ0) is 13.4. The lowest BCUT2D eigenvalue weighted by Gasteiger charge is -2.36. The first kappa shape index (κ1) is 15.4. The number of hydrogen-bond donors (Lipinski definition) is 1. The molecule has 1 heterocycles. The van der Waals surface area contributed by atoms with Crippen LogP contribution >= 0.6 is 0 Å². The quantitative estimate of drug-likeness (QED) is 0.660. The van der Waals surface area contributed by atoms with Crippen molar-refractivity contribution in [1.29, 1.82) is 0 Å². The Morgan fingerprint density at radius 3 is 2.56 bits per heavy atom. The number of piperazine rings is 1. The molecule has 1 saturated heterocycles. The van der Waals surface area contributed by atoms with Gasteiger partial charge < -0.3 is 15.0 Å². The summed E-state index contributed by atoms with van der Waals surface area (Å²) in [6, 6.07) is -0.0217. The monoisotopic (exact) mass is 257 g/mol. The van der Waals surface area contributed by atoms with Crippen LogP contribution in [0.15, 0.2) is 0 Å². The van der Waals surface area contributed by atoms with Crippen molar-refractivity contribution in [3.05, 3.63) is 0 Å². The van der Waals surface area contributed by atoms with E-state index in [0.29, 0.717) is 13.2 Å². The highest BCUT2D eigenvalue weighted by atomic mass is 16.5. The Kier molecular flexibility index (Phi) is 7.23. The smallest absolute Gasteiger partial charge is 0.237 e. The Morgan fingerprint density at radius 2 is 2.00 bits per heavy atom. The molecule has 106 valence electrons. The first-order chi connectivity index (χ1) is 8.69. The van der Waals surface area contributed by atoms with Gasteiger partial charge in [0.1, 0.15) is 0 Å². The summed E-state index contributed by atoms with van der Waals surface area (Å²) in [4.78, 5) is 16.6. The van der Waals surface area contributed by atoms with Crippen molar-refractivity contribution in [3.8, 4) is 0 Å². The standard InChI is InChI=1S/C13H27N3O2/c1-4-15-7-9-16(10-8-15)12(2)13(17)14-6-5-11-18-3/h12H,4-11H2,1-3H3,(H,14,17). The van der Waals surface area contributed by atoms with E-state index in [0.717, 1.165) is 39.1 Å². The van der Waals surface area contributed by atoms with Crippen LogP contribution in [0.25, 0.3) is 0 Å². The van der Waals surface area contributed by atoms with Crippen molar-refractivity contribution in [2.24, 2.45) is 0 Å². The molecule has 18 heavy (non-hydrogen) atoms. The zero-order valence-corrected chi connectivity index (χ0v) is 11.9. The maximum absolute atomic E-state index is 11.9. The Labute approximate surface area is 110 Å². The molecular formula is C13H27N3O2. The first-order valence-corrected chi connectivity index (χ1v) is 6.92. The van der Waals surface area contributed by atoms with E-state index in [-0.39, 0.29) is 11.9 Å². The largest absolute Gasteiger partial charge is 0.385 e. The maximum Gasteiger partial charge on any atom is 0.237 e. The van der Waals surface area contributed by atoms with Gasteiger partial charge in [-0.25, -0.2) is 0 Å². The molecule has 5 heteroatoms. The van der Waals surface area contributed by atoms with Crippen LogP contribution in [0.5, 0.6) is 0 Å². The summed E-state index contributed by atoms with van der Waals surface area (Å²) in [5.74, 6) is 0.135. The number of likely N-dealkylation sites (N-methyl/N-ethyl adjacent to an activating group) is 1. The number of nitrogens with one attached hydrogen (secondary N) is 1. The lowest BCUT2D eigenvalue weighted by Crippen LogP contribution is -2.53. The number of methoxy groups -OCH3 is 1. The van der Waals surface area contributed by atoms with Crippen LogP contribution in [0.2, 0.25) is 0 Å². The fraction of sp³-hybridized carbons (Fsp3) is 0.923. The van der Waals surface area contributed by atoms with Gasteiger partial charge in [-0.3, -0.25) is 9.69 Å². The highest BCUT2D eigenvalue weighted by Gasteiger charge is 2.24. The van der Waals surface area contributed by atoms with Gasteiger partial charge in [-0.15, -0.1) is 0 Å². The first-order valence-electron chi connectivity index (χ1n) is 6.92. The summed E-state index contributed by atoms with van der Waals surface area (Å²) in [6.45, 7) is 10.8. The molecule has 0 aromatic carbocycles. The van der Waals surface area contributed by atoms with E-state index in [9.17, 15) is 4.79 Å². The molecule has 5 nitrogen and oxygen atoms in total. The summed E-state index contributed by atoms with van der Waals surface area (Å²) in [6.07, 6.45) is 0.874. The molecule has 1 amide bonds. The predicted octanol–water partition coefficient (Wildman–Crippen LogP) is 0.165. The zero-order valence-electron chi connectivity index (χ0n) is 11.9. The molecule has 0 saturated carbocycles. The summed E-state index contributed by atoms with van der Waals surface area (Å²) >= 11 is 0. The van der Waals surface area contributed by atoms with E-state index in [1.54, 1.807) is 7.11 Å². The van der Waals surface area contributed by atoms with Gasteiger partial charge in [-0.05, 0) is 19.9 Å². The van der Waals surface area contributed by atoms with E-state index in [1.165, 1.54) is 0 Å². The molecule has 1 fully saturated rings. The fourth-order valence-electron chi connectivity index (χ4n) is 2.21. The number of hydrogen-bond acceptors (Lipinski definition) is 4. The number of nitrogens with zero attached hydrogens (tertiary/aromatic N) is 2. The Bertz CT molecular complexity index is 240. The summed E-state index contributed by atoms with van der Waals surface area (Å²) < 4.78 is 4.96. The minimum absolute atomic E-state index is 0.0217. The summed E-state index contributed by atoms with van der Waals surface area (Å²) in [7, 11) is 1.68. The molecule has 1 rings (SSSR count). The number of amides is 1. The minimum Gasteiger partial charge on any atom is -0.385 e. The van der Waals surface area contributed by atoms with Crippen LogP contribution in [-0.2, 0) is 9.53 Å². The predicted molar refractivity (Wildman–Crippen MR) is 72.7 cm³/mol. The van der Waals surface area contributed by atoms with Gasteiger partial charge >= 0.3 is 0 Å². The Balaban J connectivity index is 2.22. The van der Waals surface area contributed by atoms with E-state index in [2.05, 4.69) is 22.0 Å². The second-order valence-corrected chi connectivity index (χ2v) is 4.78. The second kappa shape index (κ2) is 8.45. The van der Waals surface area contributed by atoms with Gasteiger partial charge in [0, 0.05) is 46.4 Å². The molecular weight excluding hydrogens is 230 g/mol. The van der Waals surface area contributed by atoms with Crippen molar-refractivity contribution in [1.82, 2.24) is 15.1 Å². The molecule has 0 aromatic rings. The highest BCUT2D eigenvalue weighted by Crippen LogP contribution is 2.06. The van der Waals surface area contributed by atoms with Crippen molar-refractivity contribution in [2.45, 2.75) is 26.3 Å². The third kappa shape index (κ3) is 4.92. The molecule has 0 aromatic heterocycles. The Hall–Kier alpha value is -0.650. The molecule has 0 spiro atoms. The third-order valence-corrected chi connectivity index (χ3v) is 3.61. The van der Waals surface area contributed by atoms with Gasteiger partial charge in [0.15, 0.2) is 0 Å². The van der Waals surface area contributed by atoms with E-state index in [1.807, 2.05) is 6.92 Å². The summed E-state index contributed by atoms with van der Waals surface area (Å²) in [5, 5.41) is 2.97. The van der Waals surface area contributed by atoms with Crippen LogP contribution in [0.1, 0.15) is 20.3 Å². The van der Waals surface area contributed by atoms with Gasteiger partial charge in [0.25, 0.3) is 0 Å². The van der Waals surface area contributed by atoms with Crippen LogP contribution in [-0.4, -0.2) is 74.7 Å². The average Bonchev–Trinajstić information content (AvgIpc) is 2.42. The molecule has 1 N–H and O–H groups in total. The SMILES string of the molecule is CCN1CCN(C(C)C(=O)NCCCOC)CC1. The number of ether oxygens (including phenoxy) is 1. The normalized spacial score (nSPS) is 19.7. The maximum atomic E-state index is 11.9. The lowest BCUT2D eigenvalue weighted by molar-refractivity contribution is -0.126.